The van der Waals surface area contributed by atoms with Gasteiger partial charge in [0.1, 0.15) is 23.7 Å². The number of aliphatic hydroxyl groups is 3. The lowest BCUT2D eigenvalue weighted by molar-refractivity contribution is -0.0465. The molecule has 5 unspecified atom stereocenters. The average molecular weight is 287 g/mol. The quantitative estimate of drug-likeness (QED) is 0.432. The third kappa shape index (κ3) is 1.85. The number of nitrogens with one attached hydrogen (secondary N) is 1. The van der Waals surface area contributed by atoms with Crippen LogP contribution >= 0.6 is 0 Å². The molecule has 3 rings (SSSR count). The Hall–Kier alpha value is -1.75. The van der Waals surface area contributed by atoms with Gasteiger partial charge in [-0.25, -0.2) is 14.4 Å². The van der Waals surface area contributed by atoms with Crippen LogP contribution in [0.4, 0.5) is 10.2 Å². The molecule has 0 bridgehead atoms. The first-order chi connectivity index (χ1) is 9.52. The predicted octanol–water partition coefficient (Wildman–Crippen LogP) is -1.80. The van der Waals surface area contributed by atoms with E-state index >= 15 is 0 Å². The van der Waals surface area contributed by atoms with Crippen LogP contribution in [0.1, 0.15) is 18.1 Å². The maximum atomic E-state index is 14.1. The summed E-state index contributed by atoms with van der Waals surface area (Å²) in [5.74, 6) is 0.197. The van der Waals surface area contributed by atoms with Gasteiger partial charge < -0.3 is 31.1 Å². The van der Waals surface area contributed by atoms with Crippen LogP contribution in [0.5, 0.6) is 0 Å². The summed E-state index contributed by atoms with van der Waals surface area (Å²) in [7, 11) is 0. The van der Waals surface area contributed by atoms with E-state index in [4.69, 9.17) is 15.6 Å². The Labute approximate surface area is 112 Å². The molecule has 1 aromatic heterocycles. The van der Waals surface area contributed by atoms with Crippen LogP contribution in [0.15, 0.2) is 11.3 Å². The summed E-state index contributed by atoms with van der Waals surface area (Å²) in [6.07, 6.45) is -5.38. The van der Waals surface area contributed by atoms with Gasteiger partial charge in [0.2, 0.25) is 0 Å². The number of alkyl halides is 1. The standard InChI is InChI=1S/C10H14FN5O4/c11-4-6(18)3(1-17)20-9(4)16-2-13-5-7(16)14-10(12)15-8(5)19/h2-4,6,8-9,17-19H,1H2,(H3,12,14,15). The van der Waals surface area contributed by atoms with E-state index in [0.29, 0.717) is 0 Å². The lowest BCUT2D eigenvalue weighted by atomic mass is 10.1. The summed E-state index contributed by atoms with van der Waals surface area (Å²) in [6.45, 7) is -0.505. The van der Waals surface area contributed by atoms with Crippen molar-refractivity contribution in [2.75, 3.05) is 11.9 Å². The highest BCUT2D eigenvalue weighted by atomic mass is 19.1. The number of nitrogens with two attached hydrogens (primary N) is 1. The topological polar surface area (TPSA) is 138 Å². The second kappa shape index (κ2) is 4.66. The van der Waals surface area contributed by atoms with Gasteiger partial charge in [-0.3, -0.25) is 4.57 Å². The van der Waals surface area contributed by atoms with Crippen LogP contribution < -0.4 is 11.1 Å². The highest BCUT2D eigenvalue weighted by molar-refractivity contribution is 5.93. The molecule has 0 aliphatic carbocycles. The van der Waals surface area contributed by atoms with Gasteiger partial charge in [0.25, 0.3) is 0 Å². The second-order valence-corrected chi connectivity index (χ2v) is 4.58. The van der Waals surface area contributed by atoms with E-state index in [1.165, 1.54) is 10.9 Å². The van der Waals surface area contributed by atoms with Crippen molar-refractivity contribution in [2.45, 2.75) is 30.8 Å². The normalized spacial score (nSPS) is 36.4. The number of ether oxygens (including phenoxy) is 1. The fourth-order valence-corrected chi connectivity index (χ4v) is 2.31. The van der Waals surface area contributed by atoms with Gasteiger partial charge in [-0.2, -0.15) is 0 Å². The van der Waals surface area contributed by atoms with Crippen LogP contribution in [0.25, 0.3) is 0 Å². The van der Waals surface area contributed by atoms with Gasteiger partial charge >= 0.3 is 0 Å². The van der Waals surface area contributed by atoms with Crippen LogP contribution in [0.3, 0.4) is 0 Å². The molecule has 0 amide bonds. The maximum Gasteiger partial charge on any atom is 0.197 e. The van der Waals surface area contributed by atoms with Crippen LogP contribution in [-0.4, -0.2) is 55.8 Å². The summed E-state index contributed by atoms with van der Waals surface area (Å²) in [6, 6.07) is 0. The van der Waals surface area contributed by atoms with Crippen molar-refractivity contribution < 1.29 is 24.4 Å². The second-order valence-electron chi connectivity index (χ2n) is 4.58. The summed E-state index contributed by atoms with van der Waals surface area (Å²) >= 11 is 0. The first kappa shape index (κ1) is 13.2. The maximum absolute atomic E-state index is 14.1. The van der Waals surface area contributed by atoms with Crippen molar-refractivity contribution >= 4 is 11.8 Å². The van der Waals surface area contributed by atoms with Crippen molar-refractivity contribution in [1.82, 2.24) is 9.55 Å². The smallest absolute Gasteiger partial charge is 0.197 e. The third-order valence-electron chi connectivity index (χ3n) is 3.32. The molecule has 110 valence electrons. The Morgan fingerprint density at radius 2 is 2.25 bits per heavy atom. The summed E-state index contributed by atoms with van der Waals surface area (Å²) in [5, 5.41) is 31.0. The first-order valence-corrected chi connectivity index (χ1v) is 5.96. The van der Waals surface area contributed by atoms with Gasteiger partial charge in [-0.15, -0.1) is 0 Å². The lowest BCUT2D eigenvalue weighted by Crippen LogP contribution is -2.32. The largest absolute Gasteiger partial charge is 0.394 e. The predicted molar refractivity (Wildman–Crippen MR) is 64.3 cm³/mol. The van der Waals surface area contributed by atoms with Gasteiger partial charge in [0.15, 0.2) is 24.6 Å². The Morgan fingerprint density at radius 3 is 2.90 bits per heavy atom. The number of aliphatic hydroxyl groups excluding tert-OH is 3. The molecular weight excluding hydrogens is 273 g/mol. The number of rotatable bonds is 2. The van der Waals surface area contributed by atoms with Gasteiger partial charge in [0.05, 0.1) is 12.9 Å². The Bertz CT molecular complexity index is 550. The number of fused-ring (bicyclic) bond motifs is 1. The van der Waals surface area contributed by atoms with E-state index in [1.807, 2.05) is 0 Å². The molecule has 1 saturated heterocycles. The number of hydrogen-bond acceptors (Lipinski definition) is 8. The minimum absolute atomic E-state index is 0.0422. The monoisotopic (exact) mass is 287 g/mol. The van der Waals surface area contributed by atoms with E-state index in [9.17, 15) is 14.6 Å². The first-order valence-electron chi connectivity index (χ1n) is 5.96. The number of halogens is 1. The molecule has 0 spiro atoms. The van der Waals surface area contributed by atoms with E-state index in [2.05, 4.69) is 15.3 Å². The lowest BCUT2D eigenvalue weighted by Gasteiger charge is -2.21. The highest BCUT2D eigenvalue weighted by Gasteiger charge is 2.46. The SMILES string of the molecule is NC1=NC(O)c2ncn(C3OC(CO)C(O)C3F)c2N1. The minimum atomic E-state index is -1.75. The number of aromatic nitrogens is 2. The molecule has 10 heteroatoms. The van der Waals surface area contributed by atoms with E-state index in [-0.39, 0.29) is 17.5 Å². The van der Waals surface area contributed by atoms with Crippen molar-refractivity contribution in [2.24, 2.45) is 10.7 Å². The molecule has 2 aliphatic heterocycles. The zero-order chi connectivity index (χ0) is 14.4. The Morgan fingerprint density at radius 1 is 1.50 bits per heavy atom. The molecule has 1 fully saturated rings. The van der Waals surface area contributed by atoms with Gasteiger partial charge in [-0.05, 0) is 0 Å². The summed E-state index contributed by atoms with van der Waals surface area (Å²) in [5.41, 5.74) is 5.67. The zero-order valence-electron chi connectivity index (χ0n) is 10.2. The minimum Gasteiger partial charge on any atom is -0.394 e. The highest BCUT2D eigenvalue weighted by Crippen LogP contribution is 2.36. The Kier molecular flexibility index (Phi) is 3.09. The number of hydrogen-bond donors (Lipinski definition) is 5. The Balaban J connectivity index is 1.94. The summed E-state index contributed by atoms with van der Waals surface area (Å²) < 4.78 is 20.6. The zero-order valence-corrected chi connectivity index (χ0v) is 10.2. The molecule has 6 N–H and O–H groups in total. The third-order valence-corrected chi connectivity index (χ3v) is 3.32. The molecule has 9 nitrogen and oxygen atoms in total. The van der Waals surface area contributed by atoms with E-state index < -0.39 is 37.4 Å². The van der Waals surface area contributed by atoms with Crippen LogP contribution in [-0.2, 0) is 4.74 Å². The molecular formula is C10H14FN5O4. The molecule has 5 atom stereocenters. The molecule has 3 heterocycles. The number of anilines is 1. The molecule has 0 radical (unpaired) electrons. The van der Waals surface area contributed by atoms with Crippen LogP contribution in [0, 0.1) is 0 Å². The molecule has 20 heavy (non-hydrogen) atoms. The fraction of sp³-hybridized carbons (Fsp3) is 0.600. The number of imidazole rings is 1. The molecule has 1 aromatic rings. The van der Waals surface area contributed by atoms with E-state index in [1.54, 1.807) is 0 Å². The van der Waals surface area contributed by atoms with Crippen molar-refractivity contribution in [3.63, 3.8) is 0 Å². The summed E-state index contributed by atoms with van der Waals surface area (Å²) in [4.78, 5) is 7.59. The van der Waals surface area contributed by atoms with Crippen LogP contribution in [0.2, 0.25) is 0 Å². The van der Waals surface area contributed by atoms with E-state index in [0.717, 1.165) is 0 Å². The molecule has 0 aromatic carbocycles. The number of nitrogens with zero attached hydrogens (tertiary/aromatic N) is 3. The van der Waals surface area contributed by atoms with Crippen molar-refractivity contribution in [3.8, 4) is 0 Å². The molecule has 0 saturated carbocycles. The number of aliphatic imine (C=N–C) groups is 1. The fourth-order valence-electron chi connectivity index (χ4n) is 2.31. The van der Waals surface area contributed by atoms with Crippen molar-refractivity contribution in [3.05, 3.63) is 12.0 Å². The van der Waals surface area contributed by atoms with Gasteiger partial charge in [-0.1, -0.05) is 0 Å². The van der Waals surface area contributed by atoms with Crippen molar-refractivity contribution in [1.29, 1.82) is 0 Å². The number of guanidine groups is 1. The molecule has 2 aliphatic rings. The van der Waals surface area contributed by atoms with Gasteiger partial charge in [0, 0.05) is 0 Å². The average Bonchev–Trinajstić information content (AvgIpc) is 2.93.